The van der Waals surface area contributed by atoms with E-state index in [0.717, 1.165) is 11.8 Å². The zero-order chi connectivity index (χ0) is 16.6. The second-order valence-electron chi connectivity index (χ2n) is 5.37. The minimum absolute atomic E-state index is 0.182. The number of imide groups is 1. The Morgan fingerprint density at radius 2 is 1.65 bits per heavy atom. The van der Waals surface area contributed by atoms with Crippen molar-refractivity contribution in [1.29, 1.82) is 0 Å². The molecule has 1 heterocycles. The van der Waals surface area contributed by atoms with Gasteiger partial charge in [0.05, 0.1) is 6.61 Å². The van der Waals surface area contributed by atoms with Crippen LogP contribution < -0.4 is 0 Å². The molecular weight excluding hydrogens is 314 g/mol. The summed E-state index contributed by atoms with van der Waals surface area (Å²) < 4.78 is 18.6. The summed E-state index contributed by atoms with van der Waals surface area (Å²) in [6, 6.07) is 10.4. The number of nitrogens with zero attached hydrogens (tertiary/aromatic N) is 1. The lowest BCUT2D eigenvalue weighted by molar-refractivity contribution is 0.0716. The highest BCUT2D eigenvalue weighted by Crippen LogP contribution is 2.31. The van der Waals surface area contributed by atoms with E-state index in [4.69, 9.17) is 4.18 Å². The fraction of sp³-hybridized carbons (Fsp3) is 0.235. The van der Waals surface area contributed by atoms with Crippen LogP contribution in [0.5, 0.6) is 0 Å². The van der Waals surface area contributed by atoms with Gasteiger partial charge in [-0.1, -0.05) is 37.6 Å². The maximum Gasteiger partial charge on any atom is 0.274 e. The molecule has 23 heavy (non-hydrogen) atoms. The Bertz CT molecular complexity index is 851. The number of unbranched alkanes of at least 4 members (excludes halogenated alkanes) is 1. The first-order valence-electron chi connectivity index (χ1n) is 7.39. The number of hydrogen-bond acceptors (Lipinski definition) is 4. The molecule has 1 aliphatic heterocycles. The van der Waals surface area contributed by atoms with Gasteiger partial charge in [-0.3, -0.25) is 13.8 Å². The predicted molar refractivity (Wildman–Crippen MR) is 90.6 cm³/mol. The zero-order valence-corrected chi connectivity index (χ0v) is 13.6. The van der Waals surface area contributed by atoms with E-state index in [1.807, 2.05) is 19.1 Å². The first kappa shape index (κ1) is 15.7. The van der Waals surface area contributed by atoms with Crippen molar-refractivity contribution in [3.8, 4) is 0 Å². The van der Waals surface area contributed by atoms with E-state index in [9.17, 15) is 13.8 Å². The standard InChI is InChI=1S/C17H17NO4S/c1-3-4-11-22-23(2,21)18-16(19)13-9-5-7-12-8-6-10-14(15(12)13)17(18)20/h5-10H,2-4,11H2,1H3. The SMILES string of the molecule is C=S(=O)(OCCCC)N1C(=O)c2cccc3cccc(c23)C1=O. The van der Waals surface area contributed by atoms with E-state index in [1.54, 1.807) is 24.3 Å². The second-order valence-corrected chi connectivity index (χ2v) is 7.14. The number of amides is 2. The number of hydrogen-bond donors (Lipinski definition) is 0. The van der Waals surface area contributed by atoms with E-state index >= 15 is 0 Å². The summed E-state index contributed by atoms with van der Waals surface area (Å²) in [5.74, 6) is 2.24. The van der Waals surface area contributed by atoms with E-state index in [2.05, 4.69) is 5.87 Å². The third-order valence-electron chi connectivity index (χ3n) is 3.78. The lowest BCUT2D eigenvalue weighted by atomic mass is 9.95. The Balaban J connectivity index is 2.10. The van der Waals surface area contributed by atoms with Crippen LogP contribution in [0.25, 0.3) is 10.8 Å². The number of rotatable bonds is 5. The van der Waals surface area contributed by atoms with Crippen LogP contribution in [0.15, 0.2) is 36.4 Å². The molecule has 2 amide bonds. The zero-order valence-electron chi connectivity index (χ0n) is 12.8. The van der Waals surface area contributed by atoms with Crippen LogP contribution >= 0.6 is 0 Å². The molecule has 1 atom stereocenters. The molecule has 6 heteroatoms. The molecule has 0 bridgehead atoms. The topological polar surface area (TPSA) is 63.7 Å². The van der Waals surface area contributed by atoms with Crippen molar-refractivity contribution in [3.63, 3.8) is 0 Å². The summed E-state index contributed by atoms with van der Waals surface area (Å²) in [5, 5.41) is 1.38. The van der Waals surface area contributed by atoms with Crippen LogP contribution in [0, 0.1) is 0 Å². The minimum Gasteiger partial charge on any atom is -0.283 e. The van der Waals surface area contributed by atoms with Crippen LogP contribution in [-0.2, 0) is 14.2 Å². The summed E-state index contributed by atoms with van der Waals surface area (Å²) in [5.41, 5.74) is 0.682. The Kier molecular flexibility index (Phi) is 3.95. The van der Waals surface area contributed by atoms with Crippen molar-refractivity contribution in [2.45, 2.75) is 19.8 Å². The molecule has 0 saturated carbocycles. The van der Waals surface area contributed by atoms with Gasteiger partial charge in [-0.2, -0.15) is 4.31 Å². The molecule has 5 nitrogen and oxygen atoms in total. The molecule has 2 aromatic rings. The third-order valence-corrected chi connectivity index (χ3v) is 5.20. The molecule has 0 fully saturated rings. The Morgan fingerprint density at radius 3 is 2.17 bits per heavy atom. The lowest BCUT2D eigenvalue weighted by Gasteiger charge is -2.28. The van der Waals surface area contributed by atoms with Gasteiger partial charge in [-0.05, 0) is 23.9 Å². The Hall–Kier alpha value is -2.18. The highest BCUT2D eigenvalue weighted by Gasteiger charge is 2.38. The van der Waals surface area contributed by atoms with Crippen molar-refractivity contribution in [2.75, 3.05) is 6.61 Å². The monoisotopic (exact) mass is 331 g/mol. The van der Waals surface area contributed by atoms with Gasteiger partial charge in [-0.15, -0.1) is 0 Å². The summed E-state index contributed by atoms with van der Waals surface area (Å²) in [6.07, 6.45) is 1.52. The molecule has 1 unspecified atom stereocenters. The summed E-state index contributed by atoms with van der Waals surface area (Å²) in [6.45, 7) is 2.14. The van der Waals surface area contributed by atoms with Crippen molar-refractivity contribution in [3.05, 3.63) is 47.5 Å². The molecule has 0 aromatic heterocycles. The Labute approximate surface area is 135 Å². The van der Waals surface area contributed by atoms with Crippen LogP contribution in [0.1, 0.15) is 40.5 Å². The maximum atomic E-state index is 12.7. The summed E-state index contributed by atoms with van der Waals surface area (Å²) >= 11 is 0. The van der Waals surface area contributed by atoms with Gasteiger partial charge < -0.3 is 0 Å². The van der Waals surface area contributed by atoms with Crippen molar-refractivity contribution in [2.24, 2.45) is 0 Å². The molecule has 2 aromatic carbocycles. The molecular formula is C17H17NO4S. The molecule has 0 spiro atoms. The van der Waals surface area contributed by atoms with E-state index < -0.39 is 21.8 Å². The summed E-state index contributed by atoms with van der Waals surface area (Å²) in [4.78, 5) is 25.4. The number of carbonyl (C=O) groups excluding carboxylic acids is 2. The Morgan fingerprint density at radius 1 is 1.09 bits per heavy atom. The highest BCUT2D eigenvalue weighted by molar-refractivity contribution is 7.94. The summed E-state index contributed by atoms with van der Waals surface area (Å²) in [7, 11) is -3.46. The normalized spacial score (nSPS) is 16.7. The quantitative estimate of drug-likeness (QED) is 0.480. The van der Waals surface area contributed by atoms with Crippen LogP contribution in [0.2, 0.25) is 0 Å². The first-order valence-corrected chi connectivity index (χ1v) is 9.00. The minimum atomic E-state index is -3.46. The largest absolute Gasteiger partial charge is 0.283 e. The molecule has 0 N–H and O–H groups in total. The van der Waals surface area contributed by atoms with Crippen LogP contribution in [0.3, 0.4) is 0 Å². The molecule has 3 rings (SSSR count). The fourth-order valence-corrected chi connectivity index (χ4v) is 3.83. The van der Waals surface area contributed by atoms with Crippen molar-refractivity contribution in [1.82, 2.24) is 4.31 Å². The van der Waals surface area contributed by atoms with Gasteiger partial charge in [0.2, 0.25) is 0 Å². The third kappa shape index (κ3) is 2.54. The van der Waals surface area contributed by atoms with Crippen LogP contribution in [0.4, 0.5) is 0 Å². The van der Waals surface area contributed by atoms with Gasteiger partial charge in [0.15, 0.2) is 9.99 Å². The molecule has 120 valence electrons. The van der Waals surface area contributed by atoms with Crippen LogP contribution in [-0.4, -0.2) is 32.8 Å². The smallest absolute Gasteiger partial charge is 0.274 e. The number of benzene rings is 2. The first-order chi connectivity index (χ1) is 11.0. The highest BCUT2D eigenvalue weighted by atomic mass is 32.2. The lowest BCUT2D eigenvalue weighted by Crippen LogP contribution is -2.45. The predicted octanol–water partition coefficient (Wildman–Crippen LogP) is 2.80. The fourth-order valence-electron chi connectivity index (χ4n) is 2.65. The van der Waals surface area contributed by atoms with Crippen molar-refractivity contribution < 1.29 is 18.0 Å². The average molecular weight is 331 g/mol. The molecule has 0 saturated heterocycles. The maximum absolute atomic E-state index is 12.7. The number of carbonyl (C=O) groups is 2. The van der Waals surface area contributed by atoms with Crippen molar-refractivity contribution >= 4 is 38.4 Å². The molecule has 0 aliphatic carbocycles. The van der Waals surface area contributed by atoms with E-state index in [1.165, 1.54) is 0 Å². The van der Waals surface area contributed by atoms with Gasteiger partial charge >= 0.3 is 0 Å². The van der Waals surface area contributed by atoms with Gasteiger partial charge in [0.25, 0.3) is 11.8 Å². The molecule has 1 aliphatic rings. The second kappa shape index (κ2) is 5.79. The average Bonchev–Trinajstić information content (AvgIpc) is 2.52. The van der Waals surface area contributed by atoms with Gasteiger partial charge in [0, 0.05) is 22.4 Å². The van der Waals surface area contributed by atoms with Gasteiger partial charge in [0.1, 0.15) is 0 Å². The molecule has 0 radical (unpaired) electrons. The van der Waals surface area contributed by atoms with E-state index in [0.29, 0.717) is 27.2 Å². The van der Waals surface area contributed by atoms with E-state index in [-0.39, 0.29) is 6.61 Å². The van der Waals surface area contributed by atoms with Gasteiger partial charge in [-0.25, -0.2) is 4.21 Å².